The average molecular weight is 281 g/mol. The second-order valence-electron chi connectivity index (χ2n) is 5.24. The van der Waals surface area contributed by atoms with E-state index in [0.717, 1.165) is 18.9 Å². The zero-order valence-corrected chi connectivity index (χ0v) is 12.1. The van der Waals surface area contributed by atoms with Gasteiger partial charge in [-0.05, 0) is 13.8 Å². The summed E-state index contributed by atoms with van der Waals surface area (Å²) < 4.78 is 1.79. The molecule has 1 saturated heterocycles. The molecule has 1 fully saturated rings. The highest BCUT2D eigenvalue weighted by Crippen LogP contribution is 2.14. The number of aliphatic hydroxyl groups excluding tert-OH is 1. The minimum Gasteiger partial charge on any atom is -0.395 e. The predicted octanol–water partition coefficient (Wildman–Crippen LogP) is 0.606. The molecule has 7 nitrogen and oxygen atoms in total. The molecule has 1 aromatic heterocycles. The van der Waals surface area contributed by atoms with Gasteiger partial charge in [0.25, 0.3) is 0 Å². The Morgan fingerprint density at radius 1 is 1.40 bits per heavy atom. The molecule has 1 aliphatic rings. The maximum atomic E-state index is 12.2. The molecule has 112 valence electrons. The molecular weight excluding hydrogens is 258 g/mol. The van der Waals surface area contributed by atoms with Crippen molar-refractivity contribution < 1.29 is 9.90 Å². The Morgan fingerprint density at radius 2 is 2.10 bits per heavy atom. The first-order valence-electron chi connectivity index (χ1n) is 7.04. The molecule has 1 aliphatic heterocycles. The Labute approximate surface area is 119 Å². The Balaban J connectivity index is 1.88. The largest absolute Gasteiger partial charge is 0.395 e. The fraction of sp³-hybridized carbons (Fsp3) is 0.692. The molecule has 0 atom stereocenters. The van der Waals surface area contributed by atoms with Crippen molar-refractivity contribution in [3.8, 4) is 0 Å². The van der Waals surface area contributed by atoms with Crippen LogP contribution in [0.4, 0.5) is 10.6 Å². The molecule has 0 unspecified atom stereocenters. The molecule has 0 aliphatic carbocycles. The summed E-state index contributed by atoms with van der Waals surface area (Å²) in [5.74, 6) is 0.725. The molecule has 0 radical (unpaired) electrons. The lowest BCUT2D eigenvalue weighted by Crippen LogP contribution is -2.50. The van der Waals surface area contributed by atoms with Crippen molar-refractivity contribution in [1.82, 2.24) is 19.6 Å². The highest BCUT2D eigenvalue weighted by Gasteiger charge is 2.21. The van der Waals surface area contributed by atoms with Gasteiger partial charge >= 0.3 is 6.03 Å². The van der Waals surface area contributed by atoms with E-state index in [1.807, 2.05) is 13.8 Å². The van der Waals surface area contributed by atoms with Gasteiger partial charge in [0.05, 0.1) is 12.8 Å². The molecule has 0 aromatic carbocycles. The first-order valence-corrected chi connectivity index (χ1v) is 7.04. The van der Waals surface area contributed by atoms with Crippen LogP contribution >= 0.6 is 0 Å². The third-order valence-electron chi connectivity index (χ3n) is 3.47. The van der Waals surface area contributed by atoms with Crippen LogP contribution in [0.5, 0.6) is 0 Å². The maximum absolute atomic E-state index is 12.2. The number of urea groups is 1. The third kappa shape index (κ3) is 3.49. The minimum absolute atomic E-state index is 0.0870. The quantitative estimate of drug-likeness (QED) is 0.848. The van der Waals surface area contributed by atoms with Crippen molar-refractivity contribution in [1.29, 1.82) is 0 Å². The summed E-state index contributed by atoms with van der Waals surface area (Å²) in [5.41, 5.74) is 0. The maximum Gasteiger partial charge on any atom is 0.323 e. The number of aliphatic hydroxyl groups is 1. The van der Waals surface area contributed by atoms with E-state index in [0.29, 0.717) is 19.6 Å². The van der Waals surface area contributed by atoms with Gasteiger partial charge in [0.15, 0.2) is 0 Å². The highest BCUT2D eigenvalue weighted by atomic mass is 16.3. The SMILES string of the molecule is CC(C)n1nccc1NC(=O)N1CCN(CCO)CC1. The van der Waals surface area contributed by atoms with E-state index in [9.17, 15) is 4.79 Å². The number of carbonyl (C=O) groups is 1. The summed E-state index contributed by atoms with van der Waals surface area (Å²) in [4.78, 5) is 16.2. The number of rotatable bonds is 4. The van der Waals surface area contributed by atoms with E-state index in [1.165, 1.54) is 0 Å². The lowest BCUT2D eigenvalue weighted by Gasteiger charge is -2.34. The van der Waals surface area contributed by atoms with Crippen molar-refractivity contribution in [2.24, 2.45) is 0 Å². The van der Waals surface area contributed by atoms with Crippen LogP contribution in [0, 0.1) is 0 Å². The number of carbonyl (C=O) groups excluding carboxylic acids is 1. The van der Waals surface area contributed by atoms with Crippen LogP contribution < -0.4 is 5.32 Å². The summed E-state index contributed by atoms with van der Waals surface area (Å²) in [6.07, 6.45) is 1.69. The number of nitrogens with one attached hydrogen (secondary N) is 1. The van der Waals surface area contributed by atoms with Crippen LogP contribution in [-0.4, -0.2) is 70.0 Å². The van der Waals surface area contributed by atoms with Crippen molar-refractivity contribution in [2.45, 2.75) is 19.9 Å². The number of hydrogen-bond donors (Lipinski definition) is 2. The number of aromatic nitrogens is 2. The van der Waals surface area contributed by atoms with Crippen molar-refractivity contribution in [3.63, 3.8) is 0 Å². The van der Waals surface area contributed by atoms with Crippen LogP contribution in [0.25, 0.3) is 0 Å². The molecule has 1 aromatic rings. The first-order chi connectivity index (χ1) is 9.61. The molecule has 7 heteroatoms. The Kier molecular flexibility index (Phi) is 4.97. The fourth-order valence-corrected chi connectivity index (χ4v) is 2.33. The Bertz CT molecular complexity index is 438. The van der Waals surface area contributed by atoms with Crippen molar-refractivity contribution in [3.05, 3.63) is 12.3 Å². The molecule has 0 saturated carbocycles. The number of anilines is 1. The Hall–Kier alpha value is -1.60. The molecule has 0 spiro atoms. The smallest absolute Gasteiger partial charge is 0.323 e. The predicted molar refractivity (Wildman–Crippen MR) is 76.7 cm³/mol. The average Bonchev–Trinajstić information content (AvgIpc) is 2.88. The second kappa shape index (κ2) is 6.71. The summed E-state index contributed by atoms with van der Waals surface area (Å²) >= 11 is 0. The normalized spacial score (nSPS) is 16.7. The number of nitrogens with zero attached hydrogens (tertiary/aromatic N) is 4. The van der Waals surface area contributed by atoms with E-state index >= 15 is 0 Å². The summed E-state index contributed by atoms with van der Waals surface area (Å²) in [7, 11) is 0. The van der Waals surface area contributed by atoms with Gasteiger partial charge in [-0.2, -0.15) is 5.10 Å². The molecular formula is C13H23N5O2. The van der Waals surface area contributed by atoms with Crippen LogP contribution in [0.2, 0.25) is 0 Å². The summed E-state index contributed by atoms with van der Waals surface area (Å²) in [5, 5.41) is 16.0. The number of piperazine rings is 1. The van der Waals surface area contributed by atoms with Crippen molar-refractivity contribution >= 4 is 11.8 Å². The Morgan fingerprint density at radius 3 is 2.70 bits per heavy atom. The van der Waals surface area contributed by atoms with Crippen LogP contribution in [0.1, 0.15) is 19.9 Å². The fourth-order valence-electron chi connectivity index (χ4n) is 2.33. The monoisotopic (exact) mass is 281 g/mol. The van der Waals surface area contributed by atoms with E-state index < -0.39 is 0 Å². The molecule has 2 rings (SSSR count). The van der Waals surface area contributed by atoms with Crippen LogP contribution in [0.3, 0.4) is 0 Å². The zero-order chi connectivity index (χ0) is 14.5. The first kappa shape index (κ1) is 14.8. The van der Waals surface area contributed by atoms with Gasteiger partial charge in [-0.1, -0.05) is 0 Å². The second-order valence-corrected chi connectivity index (χ2v) is 5.24. The molecule has 0 bridgehead atoms. The lowest BCUT2D eigenvalue weighted by molar-refractivity contribution is 0.127. The van der Waals surface area contributed by atoms with Gasteiger partial charge in [-0.15, -0.1) is 0 Å². The van der Waals surface area contributed by atoms with Gasteiger partial charge in [-0.3, -0.25) is 10.2 Å². The molecule has 2 heterocycles. The lowest BCUT2D eigenvalue weighted by atomic mass is 10.3. The number of β-amino-alcohol motifs (C(OH)–C–C–N with tert-alkyl or cyclic N) is 1. The minimum atomic E-state index is -0.0870. The number of hydrogen-bond acceptors (Lipinski definition) is 4. The van der Waals surface area contributed by atoms with E-state index in [2.05, 4.69) is 15.3 Å². The third-order valence-corrected chi connectivity index (χ3v) is 3.47. The topological polar surface area (TPSA) is 73.6 Å². The van der Waals surface area contributed by atoms with Crippen LogP contribution in [0.15, 0.2) is 12.3 Å². The molecule has 2 amide bonds. The summed E-state index contributed by atoms with van der Waals surface area (Å²) in [6, 6.07) is 1.93. The van der Waals surface area contributed by atoms with Crippen LogP contribution in [-0.2, 0) is 0 Å². The number of amides is 2. The van der Waals surface area contributed by atoms with Gasteiger partial charge in [0.1, 0.15) is 5.82 Å². The summed E-state index contributed by atoms with van der Waals surface area (Å²) in [6.45, 7) is 7.86. The molecule has 2 N–H and O–H groups in total. The van der Waals surface area contributed by atoms with Gasteiger partial charge in [0, 0.05) is 44.8 Å². The van der Waals surface area contributed by atoms with Gasteiger partial charge in [-0.25, -0.2) is 9.48 Å². The standard InChI is InChI=1S/C13H23N5O2/c1-11(2)18-12(3-4-14-18)15-13(20)17-7-5-16(6-8-17)9-10-19/h3-4,11,19H,5-10H2,1-2H3,(H,15,20). The van der Waals surface area contributed by atoms with Gasteiger partial charge < -0.3 is 10.0 Å². The highest BCUT2D eigenvalue weighted by molar-refractivity contribution is 5.88. The van der Waals surface area contributed by atoms with Gasteiger partial charge in [0.2, 0.25) is 0 Å². The van der Waals surface area contributed by atoms with E-state index in [1.54, 1.807) is 21.8 Å². The van der Waals surface area contributed by atoms with E-state index in [-0.39, 0.29) is 18.7 Å². The van der Waals surface area contributed by atoms with E-state index in [4.69, 9.17) is 5.11 Å². The van der Waals surface area contributed by atoms with Crippen molar-refractivity contribution in [2.75, 3.05) is 44.6 Å². The molecule has 20 heavy (non-hydrogen) atoms. The zero-order valence-electron chi connectivity index (χ0n) is 12.1.